The molecule has 0 saturated carbocycles. The van der Waals surface area contributed by atoms with E-state index < -0.39 is 0 Å². The molecule has 2 aliphatic heterocycles. The average molecular weight is 366 g/mol. The summed E-state index contributed by atoms with van der Waals surface area (Å²) < 4.78 is 0. The highest BCUT2D eigenvalue weighted by Crippen LogP contribution is 2.40. The Balaban J connectivity index is 1.91. The maximum atomic E-state index is 2.42. The molecule has 5 rings (SSSR count). The summed E-state index contributed by atoms with van der Waals surface area (Å²) in [7, 11) is 4.43. The minimum absolute atomic E-state index is 0.0929. The van der Waals surface area contributed by atoms with E-state index in [1.54, 1.807) is 0 Å². The molecule has 2 heterocycles. The topological polar surface area (TPSA) is 6.48 Å². The number of nitrogens with zero attached hydrogens (tertiary/aromatic N) is 2. The fourth-order valence-corrected chi connectivity index (χ4v) is 5.29. The second kappa shape index (κ2) is 5.67. The van der Waals surface area contributed by atoms with Crippen LogP contribution in [0.15, 0.2) is 54.6 Å². The van der Waals surface area contributed by atoms with Gasteiger partial charge in [0.15, 0.2) is 0 Å². The van der Waals surface area contributed by atoms with Crippen molar-refractivity contribution in [2.75, 3.05) is 23.9 Å². The van der Waals surface area contributed by atoms with Crippen LogP contribution in [0.2, 0.25) is 0 Å². The first-order chi connectivity index (χ1) is 13.3. The molecule has 0 aliphatic carbocycles. The monoisotopic (exact) mass is 366 g/mol. The predicted octanol–water partition coefficient (Wildman–Crippen LogP) is 3.97. The zero-order valence-corrected chi connectivity index (χ0v) is 17.7. The molecule has 0 fully saturated rings. The third kappa shape index (κ3) is 2.16. The zero-order chi connectivity index (χ0) is 19.8. The molecule has 2 nitrogen and oxygen atoms in total. The number of fused-ring (bicyclic) bond motifs is 4. The largest absolute Gasteiger partial charge is 0.345 e. The Hall–Kier alpha value is -2.68. The second-order valence-electron chi connectivity index (χ2n) is 9.27. The van der Waals surface area contributed by atoms with Crippen molar-refractivity contribution in [1.29, 1.82) is 0 Å². The van der Waals surface area contributed by atoms with Crippen LogP contribution in [0.3, 0.4) is 0 Å². The molecule has 2 aliphatic rings. The molecule has 0 radical (unpaired) electrons. The summed E-state index contributed by atoms with van der Waals surface area (Å²) in [5.74, 6) is 0. The Labute approximate surface area is 168 Å². The van der Waals surface area contributed by atoms with Crippen LogP contribution in [-0.2, 0) is 5.41 Å². The van der Waals surface area contributed by atoms with E-state index in [1.807, 2.05) is 0 Å². The van der Waals surface area contributed by atoms with Crippen molar-refractivity contribution in [3.63, 3.8) is 0 Å². The number of rotatable bonds is 0. The van der Waals surface area contributed by atoms with Crippen molar-refractivity contribution in [3.05, 3.63) is 65.7 Å². The molecule has 0 aromatic heterocycles. The Bertz CT molecular complexity index is 1110. The van der Waals surface area contributed by atoms with E-state index in [-0.39, 0.29) is 12.1 Å². The third-order valence-electron chi connectivity index (χ3n) is 6.51. The van der Waals surface area contributed by atoms with E-state index >= 15 is 0 Å². The van der Waals surface area contributed by atoms with Gasteiger partial charge in [-0.3, -0.25) is 0 Å². The van der Waals surface area contributed by atoms with E-state index in [1.165, 1.54) is 50.3 Å². The van der Waals surface area contributed by atoms with E-state index in [0.29, 0.717) is 0 Å². The highest BCUT2D eigenvalue weighted by Gasteiger charge is 2.42. The lowest BCUT2D eigenvalue weighted by Gasteiger charge is -2.44. The van der Waals surface area contributed by atoms with Crippen molar-refractivity contribution in [2.24, 2.45) is 0 Å². The fourth-order valence-electron chi connectivity index (χ4n) is 5.29. The Morgan fingerprint density at radius 2 is 1.25 bits per heavy atom. The number of anilines is 4. The number of benzene rings is 3. The highest BCUT2D eigenvalue weighted by molar-refractivity contribution is 7.00. The molecule has 28 heavy (non-hydrogen) atoms. The van der Waals surface area contributed by atoms with Crippen molar-refractivity contribution in [2.45, 2.75) is 33.1 Å². The van der Waals surface area contributed by atoms with Crippen LogP contribution >= 0.6 is 0 Å². The quantitative estimate of drug-likeness (QED) is 0.556. The maximum absolute atomic E-state index is 2.42. The molecule has 140 valence electrons. The summed E-state index contributed by atoms with van der Waals surface area (Å²) in [5, 5.41) is 0. The van der Waals surface area contributed by atoms with Gasteiger partial charge in [-0.2, -0.15) is 0 Å². The first kappa shape index (κ1) is 17.4. The molecule has 3 aromatic rings. The van der Waals surface area contributed by atoms with Gasteiger partial charge >= 0.3 is 0 Å². The second-order valence-corrected chi connectivity index (χ2v) is 9.27. The molecule has 0 atom stereocenters. The van der Waals surface area contributed by atoms with Gasteiger partial charge in [0.05, 0.1) is 0 Å². The molecule has 3 heteroatoms. The van der Waals surface area contributed by atoms with Gasteiger partial charge in [0, 0.05) is 36.8 Å². The van der Waals surface area contributed by atoms with Crippen molar-refractivity contribution < 1.29 is 0 Å². The van der Waals surface area contributed by atoms with Gasteiger partial charge < -0.3 is 9.80 Å². The van der Waals surface area contributed by atoms with Gasteiger partial charge in [0.1, 0.15) is 0 Å². The van der Waals surface area contributed by atoms with E-state index in [0.717, 1.165) is 0 Å². The Morgan fingerprint density at radius 3 is 1.89 bits per heavy atom. The standard InChI is InChI=1S/C25H27BN2/c1-16-10-7-12-18-23(16)27(5)20-14-9-15-21-22(20)26(18)19-13-8-11-17(25(2,3)4)24(19)28(21)6/h7-15H,1-6H3. The lowest BCUT2D eigenvalue weighted by atomic mass is 9.33. The first-order valence-electron chi connectivity index (χ1n) is 10.1. The van der Waals surface area contributed by atoms with Crippen molar-refractivity contribution >= 4 is 45.9 Å². The van der Waals surface area contributed by atoms with Crippen LogP contribution in [0.5, 0.6) is 0 Å². The van der Waals surface area contributed by atoms with Gasteiger partial charge in [-0.05, 0) is 52.0 Å². The van der Waals surface area contributed by atoms with Gasteiger partial charge in [0.2, 0.25) is 0 Å². The molecular formula is C25H27BN2. The predicted molar refractivity (Wildman–Crippen MR) is 124 cm³/mol. The number of hydrogen-bond acceptors (Lipinski definition) is 2. The lowest BCUT2D eigenvalue weighted by Crippen LogP contribution is -2.62. The molecule has 0 N–H and O–H groups in total. The van der Waals surface area contributed by atoms with Crippen LogP contribution in [0.25, 0.3) is 0 Å². The fraction of sp³-hybridized carbons (Fsp3) is 0.280. The minimum Gasteiger partial charge on any atom is -0.345 e. The van der Waals surface area contributed by atoms with Gasteiger partial charge in [-0.1, -0.05) is 63.2 Å². The van der Waals surface area contributed by atoms with Crippen molar-refractivity contribution in [3.8, 4) is 0 Å². The molecule has 0 saturated heterocycles. The minimum atomic E-state index is 0.0929. The van der Waals surface area contributed by atoms with Gasteiger partial charge in [-0.15, -0.1) is 0 Å². The average Bonchev–Trinajstić information content (AvgIpc) is 2.66. The third-order valence-corrected chi connectivity index (χ3v) is 6.51. The molecule has 0 unspecified atom stereocenters. The normalized spacial score (nSPS) is 14.6. The number of aryl methyl sites for hydroxylation is 1. The molecule has 0 amide bonds. The van der Waals surface area contributed by atoms with Crippen LogP contribution in [0.4, 0.5) is 22.7 Å². The SMILES string of the molecule is Cc1cccc2c1N(C)c1cccc3c1B2c1cccc(C(C)(C)C)c1N3C. The molecular weight excluding hydrogens is 339 g/mol. The van der Waals surface area contributed by atoms with E-state index in [9.17, 15) is 0 Å². The smallest absolute Gasteiger partial charge is 0.252 e. The lowest BCUT2D eigenvalue weighted by molar-refractivity contribution is 0.591. The summed E-state index contributed by atoms with van der Waals surface area (Å²) in [4.78, 5) is 4.80. The summed E-state index contributed by atoms with van der Waals surface area (Å²) in [6.45, 7) is 9.45. The van der Waals surface area contributed by atoms with Crippen LogP contribution in [-0.4, -0.2) is 20.8 Å². The highest BCUT2D eigenvalue weighted by atomic mass is 15.2. The molecule has 0 spiro atoms. The summed E-state index contributed by atoms with van der Waals surface area (Å²) in [6, 6.07) is 20.4. The summed E-state index contributed by atoms with van der Waals surface area (Å²) in [5.41, 5.74) is 12.5. The first-order valence-corrected chi connectivity index (χ1v) is 10.1. The van der Waals surface area contributed by atoms with Crippen molar-refractivity contribution in [1.82, 2.24) is 0 Å². The summed E-state index contributed by atoms with van der Waals surface area (Å²) >= 11 is 0. The zero-order valence-electron chi connectivity index (χ0n) is 17.7. The summed E-state index contributed by atoms with van der Waals surface area (Å²) in [6.07, 6.45) is 0. The van der Waals surface area contributed by atoms with E-state index in [2.05, 4.69) is 106 Å². The Morgan fingerprint density at radius 1 is 0.714 bits per heavy atom. The molecule has 0 bridgehead atoms. The van der Waals surface area contributed by atoms with Gasteiger partial charge in [-0.25, -0.2) is 0 Å². The van der Waals surface area contributed by atoms with Crippen LogP contribution in [0, 0.1) is 6.92 Å². The number of hydrogen-bond donors (Lipinski definition) is 0. The van der Waals surface area contributed by atoms with Crippen LogP contribution < -0.4 is 26.2 Å². The van der Waals surface area contributed by atoms with Gasteiger partial charge in [0.25, 0.3) is 6.71 Å². The maximum Gasteiger partial charge on any atom is 0.252 e. The molecule has 3 aromatic carbocycles. The van der Waals surface area contributed by atoms with Crippen LogP contribution in [0.1, 0.15) is 31.9 Å². The Kier molecular flexibility index (Phi) is 3.53. The van der Waals surface area contributed by atoms with E-state index in [4.69, 9.17) is 0 Å². The number of para-hydroxylation sites is 2.